The van der Waals surface area contributed by atoms with Crippen LogP contribution in [0, 0.1) is 0 Å². The summed E-state index contributed by atoms with van der Waals surface area (Å²) in [6.45, 7) is 1.68. The van der Waals surface area contributed by atoms with E-state index in [0.29, 0.717) is 0 Å². The molecule has 0 amide bonds. The van der Waals surface area contributed by atoms with Gasteiger partial charge in [-0.15, -0.1) is 0 Å². The molecule has 0 unspecified atom stereocenters. The van der Waals surface area contributed by atoms with Gasteiger partial charge in [-0.05, 0) is 48.2 Å². The maximum Gasteiger partial charge on any atom is 0.0390 e. The third-order valence-corrected chi connectivity index (χ3v) is 2.72. The minimum atomic E-state index is 0.840. The van der Waals surface area contributed by atoms with Gasteiger partial charge in [0.15, 0.2) is 0 Å². The van der Waals surface area contributed by atoms with Crippen molar-refractivity contribution in [1.82, 2.24) is 9.97 Å². The second kappa shape index (κ2) is 8.69. The molecule has 0 radical (unpaired) electrons. The molecule has 2 aromatic rings. The van der Waals surface area contributed by atoms with Crippen molar-refractivity contribution >= 4 is 12.4 Å². The molecule has 20 heavy (non-hydrogen) atoms. The number of aromatic nitrogens is 2. The summed E-state index contributed by atoms with van der Waals surface area (Å²) in [5, 5.41) is 0. The Morgan fingerprint density at radius 1 is 0.700 bits per heavy atom. The molecule has 4 heteroatoms. The zero-order chi connectivity index (χ0) is 13.9. The second-order valence-corrected chi connectivity index (χ2v) is 4.34. The van der Waals surface area contributed by atoms with E-state index in [2.05, 4.69) is 20.0 Å². The van der Waals surface area contributed by atoms with Crippen LogP contribution in [0.5, 0.6) is 0 Å². The first-order chi connectivity index (χ1) is 9.95. The molecule has 2 aromatic heterocycles. The van der Waals surface area contributed by atoms with Gasteiger partial charge in [0.2, 0.25) is 0 Å². The Bertz CT molecular complexity index is 483. The molecule has 0 atom stereocenters. The molecule has 0 aliphatic rings. The Morgan fingerprint density at radius 3 is 1.50 bits per heavy atom. The standard InChI is InChI=1S/C16H18N4/c1(7-19-13-15-3-9-17-10-4-15)2-8-20-14-16-5-11-18-12-6-16/h3-6,9-14H,1-2,7-8H2. The largest absolute Gasteiger partial charge is 0.293 e. The lowest BCUT2D eigenvalue weighted by atomic mass is 10.3. The van der Waals surface area contributed by atoms with Crippen molar-refractivity contribution < 1.29 is 0 Å². The summed E-state index contributed by atoms with van der Waals surface area (Å²) in [6.07, 6.45) is 13.0. The van der Waals surface area contributed by atoms with Crippen LogP contribution in [-0.4, -0.2) is 35.5 Å². The van der Waals surface area contributed by atoms with Gasteiger partial charge in [0.1, 0.15) is 0 Å². The molecule has 2 rings (SSSR count). The van der Waals surface area contributed by atoms with Gasteiger partial charge in [-0.1, -0.05) is 0 Å². The topological polar surface area (TPSA) is 50.5 Å². The maximum absolute atomic E-state index is 4.38. The highest BCUT2D eigenvalue weighted by atomic mass is 14.7. The Kier molecular flexibility index (Phi) is 6.11. The van der Waals surface area contributed by atoms with Gasteiger partial charge in [0.25, 0.3) is 0 Å². The van der Waals surface area contributed by atoms with Crippen LogP contribution in [0.25, 0.3) is 0 Å². The first-order valence-corrected chi connectivity index (χ1v) is 6.75. The first-order valence-electron chi connectivity index (χ1n) is 6.75. The van der Waals surface area contributed by atoms with Crippen LogP contribution in [0.15, 0.2) is 59.0 Å². The van der Waals surface area contributed by atoms with E-state index in [1.807, 2.05) is 36.7 Å². The van der Waals surface area contributed by atoms with E-state index in [1.165, 1.54) is 0 Å². The average Bonchev–Trinajstić information content (AvgIpc) is 2.52. The van der Waals surface area contributed by atoms with Crippen molar-refractivity contribution in [3.8, 4) is 0 Å². The van der Waals surface area contributed by atoms with Crippen LogP contribution in [0.4, 0.5) is 0 Å². The summed E-state index contributed by atoms with van der Waals surface area (Å²) in [6, 6.07) is 7.79. The summed E-state index contributed by atoms with van der Waals surface area (Å²) >= 11 is 0. The molecule has 0 aliphatic carbocycles. The molecule has 0 spiro atoms. The van der Waals surface area contributed by atoms with Crippen LogP contribution in [0.3, 0.4) is 0 Å². The quantitative estimate of drug-likeness (QED) is 0.571. The predicted molar refractivity (Wildman–Crippen MR) is 82.6 cm³/mol. The van der Waals surface area contributed by atoms with Crippen LogP contribution in [-0.2, 0) is 0 Å². The number of unbranched alkanes of at least 4 members (excludes halogenated alkanes) is 1. The van der Waals surface area contributed by atoms with E-state index < -0.39 is 0 Å². The molecule has 0 saturated carbocycles. The molecule has 0 fully saturated rings. The number of hydrogen-bond donors (Lipinski definition) is 0. The molecular formula is C16H18N4. The summed E-state index contributed by atoms with van der Waals surface area (Å²) < 4.78 is 0. The van der Waals surface area contributed by atoms with Crippen LogP contribution in [0.2, 0.25) is 0 Å². The summed E-state index contributed by atoms with van der Waals surface area (Å²) in [5.74, 6) is 0. The highest BCUT2D eigenvalue weighted by Crippen LogP contribution is 1.95. The van der Waals surface area contributed by atoms with Crippen molar-refractivity contribution in [3.63, 3.8) is 0 Å². The van der Waals surface area contributed by atoms with Crippen molar-refractivity contribution in [2.45, 2.75) is 12.8 Å². The van der Waals surface area contributed by atoms with E-state index >= 15 is 0 Å². The SMILES string of the molecule is C(=NCCCCN=Cc1ccncc1)c1ccncc1. The van der Waals surface area contributed by atoms with Gasteiger partial charge >= 0.3 is 0 Å². The summed E-state index contributed by atoms with van der Waals surface area (Å²) in [5.41, 5.74) is 2.19. The van der Waals surface area contributed by atoms with Crippen molar-refractivity contribution in [3.05, 3.63) is 60.2 Å². The lowest BCUT2D eigenvalue weighted by molar-refractivity contribution is 0.760. The Hall–Kier alpha value is -2.36. The fraction of sp³-hybridized carbons (Fsp3) is 0.250. The van der Waals surface area contributed by atoms with Gasteiger partial charge in [0.05, 0.1) is 0 Å². The van der Waals surface area contributed by atoms with Gasteiger partial charge in [-0.2, -0.15) is 0 Å². The molecule has 4 nitrogen and oxygen atoms in total. The molecule has 0 saturated heterocycles. The zero-order valence-corrected chi connectivity index (χ0v) is 11.4. The van der Waals surface area contributed by atoms with Gasteiger partial charge in [-0.25, -0.2) is 0 Å². The monoisotopic (exact) mass is 266 g/mol. The number of aliphatic imine (C=N–C) groups is 2. The van der Waals surface area contributed by atoms with Crippen molar-refractivity contribution in [2.24, 2.45) is 9.98 Å². The smallest absolute Gasteiger partial charge is 0.0390 e. The third kappa shape index (κ3) is 5.52. The lowest BCUT2D eigenvalue weighted by Gasteiger charge is -1.95. The molecule has 0 N–H and O–H groups in total. The number of hydrogen-bond acceptors (Lipinski definition) is 4. The molecule has 2 heterocycles. The molecular weight excluding hydrogens is 248 g/mol. The number of pyridine rings is 2. The Balaban J connectivity index is 1.58. The molecule has 0 aromatic carbocycles. The summed E-state index contributed by atoms with van der Waals surface area (Å²) in [7, 11) is 0. The van der Waals surface area contributed by atoms with Crippen molar-refractivity contribution in [1.29, 1.82) is 0 Å². The lowest BCUT2D eigenvalue weighted by Crippen LogP contribution is -1.89. The van der Waals surface area contributed by atoms with Crippen molar-refractivity contribution in [2.75, 3.05) is 13.1 Å². The van der Waals surface area contributed by atoms with E-state index in [1.54, 1.807) is 24.8 Å². The van der Waals surface area contributed by atoms with Crippen LogP contribution in [0.1, 0.15) is 24.0 Å². The fourth-order valence-electron chi connectivity index (χ4n) is 1.65. The minimum absolute atomic E-state index is 0.840. The predicted octanol–water partition coefficient (Wildman–Crippen LogP) is 2.79. The zero-order valence-electron chi connectivity index (χ0n) is 11.4. The first kappa shape index (κ1) is 14.1. The Labute approximate surface area is 119 Å². The minimum Gasteiger partial charge on any atom is -0.293 e. The van der Waals surface area contributed by atoms with E-state index in [0.717, 1.165) is 37.1 Å². The van der Waals surface area contributed by atoms with Gasteiger partial charge in [-0.3, -0.25) is 20.0 Å². The second-order valence-electron chi connectivity index (χ2n) is 4.34. The van der Waals surface area contributed by atoms with E-state index in [9.17, 15) is 0 Å². The van der Waals surface area contributed by atoms with E-state index in [-0.39, 0.29) is 0 Å². The van der Waals surface area contributed by atoms with Gasteiger partial charge in [0, 0.05) is 50.3 Å². The normalized spacial score (nSPS) is 11.4. The highest BCUT2D eigenvalue weighted by molar-refractivity contribution is 5.79. The number of rotatable bonds is 7. The fourth-order valence-corrected chi connectivity index (χ4v) is 1.65. The van der Waals surface area contributed by atoms with Crippen LogP contribution < -0.4 is 0 Å². The van der Waals surface area contributed by atoms with E-state index in [4.69, 9.17) is 0 Å². The third-order valence-electron chi connectivity index (χ3n) is 2.72. The molecule has 0 aliphatic heterocycles. The maximum atomic E-state index is 4.38. The Morgan fingerprint density at radius 2 is 1.10 bits per heavy atom. The number of nitrogens with zero attached hydrogens (tertiary/aromatic N) is 4. The van der Waals surface area contributed by atoms with Crippen LogP contribution >= 0.6 is 0 Å². The van der Waals surface area contributed by atoms with Gasteiger partial charge < -0.3 is 0 Å². The molecule has 0 bridgehead atoms. The highest BCUT2D eigenvalue weighted by Gasteiger charge is 1.87. The average molecular weight is 266 g/mol. The molecule has 102 valence electrons. The summed E-state index contributed by atoms with van der Waals surface area (Å²) in [4.78, 5) is 16.7.